The molecule has 2 rings (SSSR count). The summed E-state index contributed by atoms with van der Waals surface area (Å²) in [5.41, 5.74) is 0.536. The quantitative estimate of drug-likeness (QED) is 0.565. The largest absolute Gasteiger partial charge is 0.490 e. The summed E-state index contributed by atoms with van der Waals surface area (Å²) in [6, 6.07) is 4.27. The third-order valence-electron chi connectivity index (χ3n) is 5.76. The van der Waals surface area contributed by atoms with Crippen molar-refractivity contribution in [1.82, 2.24) is 10.2 Å². The number of aliphatic hydroxyl groups excluding tert-OH is 1. The minimum atomic E-state index is -3.52. The van der Waals surface area contributed by atoms with Gasteiger partial charge in [0.15, 0.2) is 0 Å². The van der Waals surface area contributed by atoms with E-state index >= 15 is 0 Å². The van der Waals surface area contributed by atoms with Gasteiger partial charge in [-0.1, -0.05) is 6.92 Å². The standard InChI is InChI=1S/C23H39N3O6S/c1-16-14-26(17(2)15-27)23(28)20-12-19(25-33(5,29)30)9-10-21(20)32-18(3)8-6-7-11-31-22(16)13-24-4/h9-10,12,16-18,22,24-25,27H,6-8,11,13-15H2,1-5H3/t16-,17-,18+,22-/m0/s1. The molecule has 188 valence electrons. The molecule has 9 nitrogen and oxygen atoms in total. The molecule has 1 aromatic rings. The van der Waals surface area contributed by atoms with Crippen molar-refractivity contribution in [3.8, 4) is 5.75 Å². The number of fused-ring (bicyclic) bond motifs is 1. The monoisotopic (exact) mass is 485 g/mol. The normalized spacial score (nSPS) is 24.4. The molecular weight excluding hydrogens is 446 g/mol. The van der Waals surface area contributed by atoms with Gasteiger partial charge in [-0.25, -0.2) is 8.42 Å². The third-order valence-corrected chi connectivity index (χ3v) is 6.37. The summed E-state index contributed by atoms with van der Waals surface area (Å²) in [4.78, 5) is 15.4. The molecular formula is C23H39N3O6S. The zero-order valence-corrected chi connectivity index (χ0v) is 21.2. The molecule has 0 fully saturated rings. The lowest BCUT2D eigenvalue weighted by molar-refractivity contribution is -0.000450. The van der Waals surface area contributed by atoms with Gasteiger partial charge in [-0.05, 0) is 58.4 Å². The van der Waals surface area contributed by atoms with Crippen LogP contribution in [0.3, 0.4) is 0 Å². The van der Waals surface area contributed by atoms with Crippen LogP contribution < -0.4 is 14.8 Å². The summed E-state index contributed by atoms with van der Waals surface area (Å²) in [6.07, 6.45) is 3.45. The van der Waals surface area contributed by atoms with Gasteiger partial charge < -0.3 is 24.8 Å². The van der Waals surface area contributed by atoms with E-state index in [1.807, 2.05) is 20.9 Å². The Morgan fingerprint density at radius 2 is 2.00 bits per heavy atom. The molecule has 1 amide bonds. The fourth-order valence-electron chi connectivity index (χ4n) is 3.89. The smallest absolute Gasteiger partial charge is 0.258 e. The number of anilines is 1. The average Bonchev–Trinajstić information content (AvgIpc) is 2.74. The molecule has 3 N–H and O–H groups in total. The van der Waals surface area contributed by atoms with Crippen molar-refractivity contribution >= 4 is 21.6 Å². The minimum absolute atomic E-state index is 0.000963. The highest BCUT2D eigenvalue weighted by atomic mass is 32.2. The van der Waals surface area contributed by atoms with E-state index in [0.717, 1.165) is 25.5 Å². The first-order valence-electron chi connectivity index (χ1n) is 11.5. The summed E-state index contributed by atoms with van der Waals surface area (Å²) in [7, 11) is -1.65. The van der Waals surface area contributed by atoms with Gasteiger partial charge in [-0.3, -0.25) is 9.52 Å². The molecule has 0 spiro atoms. The first kappa shape index (κ1) is 27.4. The summed E-state index contributed by atoms with van der Waals surface area (Å²) in [5.74, 6) is 0.0661. The van der Waals surface area contributed by atoms with Gasteiger partial charge in [-0.2, -0.15) is 0 Å². The number of amides is 1. The second-order valence-electron chi connectivity index (χ2n) is 8.94. The molecule has 0 bridgehead atoms. The summed E-state index contributed by atoms with van der Waals surface area (Å²) in [6.45, 7) is 7.20. The maximum Gasteiger partial charge on any atom is 0.258 e. The molecule has 0 unspecified atom stereocenters. The van der Waals surface area contributed by atoms with Crippen LogP contribution in [0.4, 0.5) is 5.69 Å². The molecule has 1 heterocycles. The lowest BCUT2D eigenvalue weighted by Gasteiger charge is -2.34. The number of likely N-dealkylation sites (N-methyl/N-ethyl adjacent to an activating group) is 1. The Morgan fingerprint density at radius 1 is 1.27 bits per heavy atom. The van der Waals surface area contributed by atoms with Crippen LogP contribution in [0.15, 0.2) is 18.2 Å². The van der Waals surface area contributed by atoms with Crippen molar-refractivity contribution in [3.63, 3.8) is 0 Å². The number of rotatable bonds is 6. The number of aliphatic hydroxyl groups is 1. The van der Waals surface area contributed by atoms with Crippen LogP contribution >= 0.6 is 0 Å². The molecule has 33 heavy (non-hydrogen) atoms. The zero-order chi connectivity index (χ0) is 24.6. The van der Waals surface area contributed by atoms with Gasteiger partial charge in [0.25, 0.3) is 5.91 Å². The molecule has 0 saturated carbocycles. The predicted octanol–water partition coefficient (Wildman–Crippen LogP) is 2.07. The zero-order valence-electron chi connectivity index (χ0n) is 20.3. The number of hydrogen-bond donors (Lipinski definition) is 3. The predicted molar refractivity (Wildman–Crippen MR) is 129 cm³/mol. The number of hydrogen-bond acceptors (Lipinski definition) is 7. The van der Waals surface area contributed by atoms with E-state index in [2.05, 4.69) is 10.0 Å². The van der Waals surface area contributed by atoms with Crippen LogP contribution in [0.5, 0.6) is 5.75 Å². The van der Waals surface area contributed by atoms with Crippen molar-refractivity contribution in [3.05, 3.63) is 23.8 Å². The van der Waals surface area contributed by atoms with E-state index in [0.29, 0.717) is 25.4 Å². The number of nitrogens with zero attached hydrogens (tertiary/aromatic N) is 1. The Kier molecular flexibility index (Phi) is 10.4. The van der Waals surface area contributed by atoms with Crippen molar-refractivity contribution < 1.29 is 27.8 Å². The van der Waals surface area contributed by atoms with Gasteiger partial charge in [0.2, 0.25) is 10.0 Å². The van der Waals surface area contributed by atoms with Crippen LogP contribution in [-0.4, -0.2) is 82.2 Å². The highest BCUT2D eigenvalue weighted by molar-refractivity contribution is 7.92. The second-order valence-corrected chi connectivity index (χ2v) is 10.7. The lowest BCUT2D eigenvalue weighted by Crippen LogP contribution is -2.47. The van der Waals surface area contributed by atoms with Crippen molar-refractivity contribution in [2.45, 2.75) is 58.3 Å². The first-order chi connectivity index (χ1) is 15.6. The number of sulfonamides is 1. The number of ether oxygens (including phenoxy) is 2. The highest BCUT2D eigenvalue weighted by Gasteiger charge is 2.29. The second kappa shape index (κ2) is 12.5. The van der Waals surface area contributed by atoms with E-state index in [1.165, 1.54) is 6.07 Å². The Hall–Kier alpha value is -1.88. The Morgan fingerprint density at radius 3 is 2.64 bits per heavy atom. The van der Waals surface area contributed by atoms with Crippen molar-refractivity contribution in [1.29, 1.82) is 0 Å². The maximum atomic E-state index is 13.7. The Balaban J connectivity index is 2.51. The molecule has 4 atom stereocenters. The van der Waals surface area contributed by atoms with E-state index in [-0.39, 0.29) is 41.9 Å². The molecule has 1 aliphatic rings. The van der Waals surface area contributed by atoms with Crippen LogP contribution in [0.1, 0.15) is 50.4 Å². The van der Waals surface area contributed by atoms with Crippen LogP contribution in [-0.2, 0) is 14.8 Å². The third kappa shape index (κ3) is 8.44. The fourth-order valence-corrected chi connectivity index (χ4v) is 4.45. The number of carbonyl (C=O) groups excluding carboxylic acids is 1. The van der Waals surface area contributed by atoms with Gasteiger partial charge in [-0.15, -0.1) is 0 Å². The van der Waals surface area contributed by atoms with E-state index in [1.54, 1.807) is 24.0 Å². The first-order valence-corrected chi connectivity index (χ1v) is 13.4. The number of benzene rings is 1. The Bertz CT molecular complexity index is 879. The molecule has 0 saturated heterocycles. The Labute approximate surface area is 197 Å². The number of nitrogens with one attached hydrogen (secondary N) is 2. The summed E-state index contributed by atoms with van der Waals surface area (Å²) in [5, 5.41) is 13.0. The van der Waals surface area contributed by atoms with Gasteiger partial charge >= 0.3 is 0 Å². The molecule has 0 aliphatic carbocycles. The van der Waals surface area contributed by atoms with E-state index < -0.39 is 16.1 Å². The summed E-state index contributed by atoms with van der Waals surface area (Å²) < 4.78 is 38.2. The van der Waals surface area contributed by atoms with Crippen molar-refractivity contribution in [2.24, 2.45) is 5.92 Å². The van der Waals surface area contributed by atoms with E-state index in [4.69, 9.17) is 9.47 Å². The van der Waals surface area contributed by atoms with Crippen LogP contribution in [0.25, 0.3) is 0 Å². The average molecular weight is 486 g/mol. The molecule has 1 aliphatic heterocycles. The molecule has 0 radical (unpaired) electrons. The minimum Gasteiger partial charge on any atom is -0.490 e. The van der Waals surface area contributed by atoms with Crippen molar-refractivity contribution in [2.75, 3.05) is 44.3 Å². The topological polar surface area (TPSA) is 117 Å². The van der Waals surface area contributed by atoms with E-state index in [9.17, 15) is 18.3 Å². The van der Waals surface area contributed by atoms with Gasteiger partial charge in [0.05, 0.1) is 36.7 Å². The number of carbonyl (C=O) groups is 1. The van der Waals surface area contributed by atoms with Gasteiger partial charge in [0.1, 0.15) is 5.75 Å². The van der Waals surface area contributed by atoms with Gasteiger partial charge in [0, 0.05) is 31.3 Å². The maximum absolute atomic E-state index is 13.7. The molecule has 0 aromatic heterocycles. The molecule has 10 heteroatoms. The summed E-state index contributed by atoms with van der Waals surface area (Å²) >= 11 is 0. The SMILES string of the molecule is CNC[C@@H]1OCCCC[C@@H](C)Oc2ccc(NS(C)(=O)=O)cc2C(=O)N([C@@H](C)CO)C[C@@H]1C. The fraction of sp³-hybridized carbons (Fsp3) is 0.696. The molecule has 1 aromatic carbocycles. The van der Waals surface area contributed by atoms with Crippen LogP contribution in [0.2, 0.25) is 0 Å². The highest BCUT2D eigenvalue weighted by Crippen LogP contribution is 2.28. The van der Waals surface area contributed by atoms with Crippen LogP contribution in [0, 0.1) is 5.92 Å². The lowest BCUT2D eigenvalue weighted by atomic mass is 10.0.